The van der Waals surface area contributed by atoms with Gasteiger partial charge in [0.05, 0.1) is 17.8 Å². The number of aromatic nitrogens is 1. The number of hydrogen-bond donors (Lipinski definition) is 0. The Kier molecular flexibility index (Phi) is 4.88. The minimum absolute atomic E-state index is 0.0760. The second kappa shape index (κ2) is 7.09. The lowest BCUT2D eigenvalue weighted by molar-refractivity contribution is 0.0911. The molecule has 3 aromatic rings. The van der Waals surface area contributed by atoms with Gasteiger partial charge in [0, 0.05) is 27.8 Å². The van der Waals surface area contributed by atoms with Crippen molar-refractivity contribution in [3.63, 3.8) is 0 Å². The van der Waals surface area contributed by atoms with Gasteiger partial charge in [-0.2, -0.15) is 0 Å². The Labute approximate surface area is 178 Å². The average Bonchev–Trinajstić information content (AvgIpc) is 3.00. The maximum Gasteiger partial charge on any atom is 0.165 e. The fourth-order valence-electron chi connectivity index (χ4n) is 3.93. The molecule has 0 atom stereocenters. The monoisotopic (exact) mass is 457 g/mol. The third kappa shape index (κ3) is 3.40. The molecule has 0 N–H and O–H groups in total. The van der Waals surface area contributed by atoms with Crippen LogP contribution >= 0.6 is 27.5 Å². The molecule has 1 aliphatic carbocycles. The van der Waals surface area contributed by atoms with E-state index in [9.17, 15) is 4.79 Å². The van der Waals surface area contributed by atoms with Gasteiger partial charge in [0.1, 0.15) is 5.75 Å². The minimum atomic E-state index is -0.0760. The van der Waals surface area contributed by atoms with Crippen molar-refractivity contribution >= 4 is 33.3 Å². The second-order valence-electron chi connectivity index (χ2n) is 7.99. The van der Waals surface area contributed by atoms with E-state index in [4.69, 9.17) is 16.3 Å². The van der Waals surface area contributed by atoms with E-state index >= 15 is 0 Å². The molecule has 28 heavy (non-hydrogen) atoms. The number of Topliss-reactive ketones (excluding diaryl/α,β-unsaturated/α-hetero) is 1. The van der Waals surface area contributed by atoms with Crippen LogP contribution in [-0.2, 0) is 6.42 Å². The lowest BCUT2D eigenvalue weighted by Gasteiger charge is -2.30. The number of methoxy groups -OCH3 is 1. The summed E-state index contributed by atoms with van der Waals surface area (Å²) in [5.41, 5.74) is 4.74. The number of hydrogen-bond acceptors (Lipinski definition) is 2. The lowest BCUT2D eigenvalue weighted by atomic mass is 9.76. The summed E-state index contributed by atoms with van der Waals surface area (Å²) in [6, 6.07) is 15.9. The Bertz CT molecular complexity index is 1070. The molecule has 2 aromatic carbocycles. The largest absolute Gasteiger partial charge is 0.495 e. The SMILES string of the molecule is COc1ccc(-n2c(-c3ccc(Br)cc3)cc3c2CC(C)(C)CC3=O)cc1Cl. The zero-order valence-electron chi connectivity index (χ0n) is 16.1. The molecule has 144 valence electrons. The van der Waals surface area contributed by atoms with Gasteiger partial charge >= 0.3 is 0 Å². The third-order valence-corrected chi connectivity index (χ3v) is 6.05. The predicted octanol–water partition coefficient (Wildman–Crippen LogP) is 6.72. The number of halogens is 2. The van der Waals surface area contributed by atoms with Crippen molar-refractivity contribution in [3.8, 4) is 22.7 Å². The number of nitrogens with zero attached hydrogens (tertiary/aromatic N) is 1. The van der Waals surface area contributed by atoms with E-state index in [0.717, 1.165) is 39.1 Å². The van der Waals surface area contributed by atoms with E-state index in [1.165, 1.54) is 0 Å². The number of rotatable bonds is 3. The predicted molar refractivity (Wildman–Crippen MR) is 117 cm³/mol. The standard InChI is InChI=1S/C23H21BrClNO2/c1-23(2)12-20-17(21(27)13-23)11-19(14-4-6-15(24)7-5-14)26(20)16-8-9-22(28-3)18(25)10-16/h4-11H,12-13H2,1-3H3. The van der Waals surface area contributed by atoms with Crippen LogP contribution in [0.3, 0.4) is 0 Å². The van der Waals surface area contributed by atoms with Crippen molar-refractivity contribution in [2.75, 3.05) is 7.11 Å². The van der Waals surface area contributed by atoms with E-state index in [1.54, 1.807) is 7.11 Å². The van der Waals surface area contributed by atoms with E-state index in [0.29, 0.717) is 17.2 Å². The maximum absolute atomic E-state index is 12.9. The number of fused-ring (bicyclic) bond motifs is 1. The third-order valence-electron chi connectivity index (χ3n) is 5.22. The molecule has 0 spiro atoms. The summed E-state index contributed by atoms with van der Waals surface area (Å²) in [7, 11) is 1.60. The minimum Gasteiger partial charge on any atom is -0.495 e. The Morgan fingerprint density at radius 3 is 2.43 bits per heavy atom. The Balaban J connectivity index is 1.98. The molecule has 1 aromatic heterocycles. The summed E-state index contributed by atoms with van der Waals surface area (Å²) in [5, 5.41) is 0.547. The topological polar surface area (TPSA) is 31.2 Å². The molecule has 1 heterocycles. The van der Waals surface area contributed by atoms with Gasteiger partial charge in [-0.05, 0) is 53.8 Å². The first-order valence-corrected chi connectivity index (χ1v) is 10.3. The van der Waals surface area contributed by atoms with Crippen molar-refractivity contribution < 1.29 is 9.53 Å². The highest BCUT2D eigenvalue weighted by molar-refractivity contribution is 9.10. The summed E-state index contributed by atoms with van der Waals surface area (Å²) in [4.78, 5) is 12.9. The van der Waals surface area contributed by atoms with Gasteiger partial charge in [0.25, 0.3) is 0 Å². The molecule has 1 aliphatic rings. The molecule has 0 amide bonds. The molecule has 0 aliphatic heterocycles. The molecule has 0 saturated heterocycles. The second-order valence-corrected chi connectivity index (χ2v) is 9.31. The van der Waals surface area contributed by atoms with Crippen molar-refractivity contribution in [1.29, 1.82) is 0 Å². The first kappa shape index (κ1) is 19.3. The van der Waals surface area contributed by atoms with Crippen LogP contribution in [0.1, 0.15) is 36.3 Å². The smallest absolute Gasteiger partial charge is 0.165 e. The van der Waals surface area contributed by atoms with Gasteiger partial charge in [-0.1, -0.05) is 53.5 Å². The summed E-state index contributed by atoms with van der Waals surface area (Å²) in [6.07, 6.45) is 1.39. The Hall–Kier alpha value is -2.04. The zero-order valence-corrected chi connectivity index (χ0v) is 18.4. The van der Waals surface area contributed by atoms with E-state index in [1.807, 2.05) is 36.4 Å². The summed E-state index contributed by atoms with van der Waals surface area (Å²) < 4.78 is 8.49. The van der Waals surface area contributed by atoms with Gasteiger partial charge in [-0.15, -0.1) is 0 Å². The van der Waals surface area contributed by atoms with Crippen molar-refractivity contribution in [3.05, 3.63) is 69.3 Å². The van der Waals surface area contributed by atoms with Gasteiger partial charge in [-0.3, -0.25) is 4.79 Å². The first-order chi connectivity index (χ1) is 13.3. The van der Waals surface area contributed by atoms with E-state index in [-0.39, 0.29) is 11.2 Å². The van der Waals surface area contributed by atoms with Crippen LogP contribution in [0.25, 0.3) is 16.9 Å². The number of carbonyl (C=O) groups is 1. The molecular formula is C23H21BrClNO2. The van der Waals surface area contributed by atoms with Crippen molar-refractivity contribution in [2.45, 2.75) is 26.7 Å². The van der Waals surface area contributed by atoms with Crippen LogP contribution in [0, 0.1) is 5.41 Å². The number of ether oxygens (including phenoxy) is 1. The average molecular weight is 459 g/mol. The molecular weight excluding hydrogens is 438 g/mol. The van der Waals surface area contributed by atoms with Crippen LogP contribution < -0.4 is 4.74 Å². The summed E-state index contributed by atoms with van der Waals surface area (Å²) in [6.45, 7) is 4.29. The van der Waals surface area contributed by atoms with Crippen LogP contribution in [0.5, 0.6) is 5.75 Å². The summed E-state index contributed by atoms with van der Waals surface area (Å²) >= 11 is 9.92. The molecule has 3 nitrogen and oxygen atoms in total. The fraction of sp³-hybridized carbons (Fsp3) is 0.261. The molecule has 0 saturated carbocycles. The Morgan fingerprint density at radius 1 is 1.07 bits per heavy atom. The highest BCUT2D eigenvalue weighted by Crippen LogP contribution is 2.41. The summed E-state index contributed by atoms with van der Waals surface area (Å²) in [5.74, 6) is 0.830. The van der Waals surface area contributed by atoms with Crippen LogP contribution in [0.2, 0.25) is 5.02 Å². The van der Waals surface area contributed by atoms with Gasteiger partial charge in [-0.25, -0.2) is 0 Å². The molecule has 5 heteroatoms. The number of ketones is 1. The number of carbonyl (C=O) groups excluding carboxylic acids is 1. The van der Waals surface area contributed by atoms with Crippen LogP contribution in [0.15, 0.2) is 53.0 Å². The maximum atomic E-state index is 12.9. The lowest BCUT2D eigenvalue weighted by Crippen LogP contribution is -2.27. The normalized spacial score (nSPS) is 15.4. The van der Waals surface area contributed by atoms with Gasteiger partial charge in [0.2, 0.25) is 0 Å². The van der Waals surface area contributed by atoms with Gasteiger partial charge < -0.3 is 9.30 Å². The molecule has 0 radical (unpaired) electrons. The highest BCUT2D eigenvalue weighted by Gasteiger charge is 2.35. The fourth-order valence-corrected chi connectivity index (χ4v) is 4.45. The quantitative estimate of drug-likeness (QED) is 0.436. The highest BCUT2D eigenvalue weighted by atomic mass is 79.9. The van der Waals surface area contributed by atoms with E-state index in [2.05, 4.69) is 46.5 Å². The van der Waals surface area contributed by atoms with Crippen molar-refractivity contribution in [2.24, 2.45) is 5.41 Å². The first-order valence-electron chi connectivity index (χ1n) is 9.17. The van der Waals surface area contributed by atoms with Gasteiger partial charge in [0.15, 0.2) is 5.78 Å². The molecule has 0 fully saturated rings. The van der Waals surface area contributed by atoms with Crippen molar-refractivity contribution in [1.82, 2.24) is 4.57 Å². The van der Waals surface area contributed by atoms with Crippen LogP contribution in [0.4, 0.5) is 0 Å². The zero-order chi connectivity index (χ0) is 20.1. The Morgan fingerprint density at radius 2 is 1.79 bits per heavy atom. The molecule has 0 unspecified atom stereocenters. The van der Waals surface area contributed by atoms with Crippen LogP contribution in [-0.4, -0.2) is 17.5 Å². The molecule has 0 bridgehead atoms. The number of benzene rings is 2. The molecule has 4 rings (SSSR count). The van der Waals surface area contributed by atoms with E-state index < -0.39 is 0 Å².